The van der Waals surface area contributed by atoms with E-state index in [-0.39, 0.29) is 24.9 Å². The maximum Gasteiger partial charge on any atom is 0.412 e. The lowest BCUT2D eigenvalue weighted by Gasteiger charge is -2.04. The Morgan fingerprint density at radius 2 is 2.21 bits per heavy atom. The molecular formula is C14H14N6O3S. The van der Waals surface area contributed by atoms with Crippen LogP contribution in [-0.4, -0.2) is 38.6 Å². The molecule has 0 fully saturated rings. The first-order valence-corrected chi connectivity index (χ1v) is 7.99. The predicted octanol–water partition coefficient (Wildman–Crippen LogP) is 2.09. The van der Waals surface area contributed by atoms with E-state index in [4.69, 9.17) is 4.74 Å². The van der Waals surface area contributed by atoms with Gasteiger partial charge in [0.15, 0.2) is 5.82 Å². The molecule has 0 unspecified atom stereocenters. The molecule has 2 N–H and O–H groups in total. The average Bonchev–Trinajstić information content (AvgIpc) is 3.16. The van der Waals surface area contributed by atoms with Crippen LogP contribution >= 0.6 is 11.3 Å². The minimum absolute atomic E-state index is 0.0351. The Labute approximate surface area is 140 Å². The summed E-state index contributed by atoms with van der Waals surface area (Å²) in [5.41, 5.74) is 3.24. The van der Waals surface area contributed by atoms with Gasteiger partial charge >= 0.3 is 6.09 Å². The smallest absolute Gasteiger partial charge is 0.412 e. The molecule has 1 aromatic carbocycles. The van der Waals surface area contributed by atoms with E-state index < -0.39 is 6.09 Å². The molecule has 2 aromatic heterocycles. The molecule has 0 saturated carbocycles. The molecule has 0 spiro atoms. The van der Waals surface area contributed by atoms with Gasteiger partial charge in [0.05, 0.1) is 28.5 Å². The number of rotatable bonds is 5. The molecule has 3 aromatic rings. The summed E-state index contributed by atoms with van der Waals surface area (Å²) in [5.74, 6) is -0.0534. The second-order valence-electron chi connectivity index (χ2n) is 4.73. The quantitative estimate of drug-likeness (QED) is 0.732. The summed E-state index contributed by atoms with van der Waals surface area (Å²) in [7, 11) is 0. The summed E-state index contributed by atoms with van der Waals surface area (Å²) in [4.78, 5) is 27.5. The third-order valence-corrected chi connectivity index (χ3v) is 3.77. The van der Waals surface area contributed by atoms with Crippen LogP contribution in [0.3, 0.4) is 0 Å². The standard InChI is InChI=1S/C14H14N6O3S/c1-2-23-14(22)17-12-6-20(19-18-12)7-13(21)16-9-3-4-11-10(5-9)15-8-24-11/h3-6,8H,2,7H2,1H3,(H,16,21)(H,17,22). The predicted molar refractivity (Wildman–Crippen MR) is 88.9 cm³/mol. The fourth-order valence-corrected chi connectivity index (χ4v) is 2.65. The number of benzene rings is 1. The molecule has 3 rings (SSSR count). The fourth-order valence-electron chi connectivity index (χ4n) is 1.99. The maximum absolute atomic E-state index is 12.1. The molecule has 0 radical (unpaired) electrons. The van der Waals surface area contributed by atoms with Crippen LogP contribution in [-0.2, 0) is 16.1 Å². The second-order valence-corrected chi connectivity index (χ2v) is 5.62. The topological polar surface area (TPSA) is 111 Å². The molecule has 24 heavy (non-hydrogen) atoms. The largest absolute Gasteiger partial charge is 0.450 e. The first kappa shape index (κ1) is 15.9. The fraction of sp³-hybridized carbons (Fsp3) is 0.214. The van der Waals surface area contributed by atoms with E-state index in [9.17, 15) is 9.59 Å². The van der Waals surface area contributed by atoms with Crippen molar-refractivity contribution in [2.24, 2.45) is 0 Å². The summed E-state index contributed by atoms with van der Waals surface area (Å²) in [6.07, 6.45) is 0.825. The van der Waals surface area contributed by atoms with Crippen molar-refractivity contribution >= 4 is 45.1 Å². The third-order valence-electron chi connectivity index (χ3n) is 2.96. The Kier molecular flexibility index (Phi) is 4.66. The zero-order valence-electron chi connectivity index (χ0n) is 12.7. The van der Waals surface area contributed by atoms with Gasteiger partial charge in [-0.25, -0.2) is 14.5 Å². The van der Waals surface area contributed by atoms with Crippen LogP contribution in [0.25, 0.3) is 10.2 Å². The Morgan fingerprint density at radius 3 is 3.04 bits per heavy atom. The first-order chi connectivity index (χ1) is 11.6. The van der Waals surface area contributed by atoms with Gasteiger partial charge in [-0.1, -0.05) is 5.21 Å². The van der Waals surface area contributed by atoms with E-state index in [0.717, 1.165) is 10.2 Å². The number of hydrogen-bond acceptors (Lipinski definition) is 7. The Bertz CT molecular complexity index is 874. The highest BCUT2D eigenvalue weighted by molar-refractivity contribution is 7.16. The van der Waals surface area contributed by atoms with Crippen molar-refractivity contribution in [3.63, 3.8) is 0 Å². The lowest BCUT2D eigenvalue weighted by Crippen LogP contribution is -2.19. The van der Waals surface area contributed by atoms with Crippen molar-refractivity contribution in [1.29, 1.82) is 0 Å². The van der Waals surface area contributed by atoms with E-state index in [2.05, 4.69) is 25.9 Å². The van der Waals surface area contributed by atoms with Crippen LogP contribution in [0, 0.1) is 0 Å². The van der Waals surface area contributed by atoms with Crippen LogP contribution in [0.5, 0.6) is 0 Å². The minimum Gasteiger partial charge on any atom is -0.450 e. The van der Waals surface area contributed by atoms with Crippen LogP contribution in [0.15, 0.2) is 29.9 Å². The molecule has 0 aliphatic carbocycles. The van der Waals surface area contributed by atoms with Gasteiger partial charge in [-0.15, -0.1) is 16.4 Å². The molecule has 0 saturated heterocycles. The number of aromatic nitrogens is 4. The number of anilines is 2. The Balaban J connectivity index is 1.58. The van der Waals surface area contributed by atoms with Gasteiger partial charge in [-0.2, -0.15) is 0 Å². The Hall–Kier alpha value is -3.01. The molecule has 10 heteroatoms. The van der Waals surface area contributed by atoms with Crippen molar-refractivity contribution in [1.82, 2.24) is 20.0 Å². The average molecular weight is 346 g/mol. The molecule has 0 aliphatic heterocycles. The summed E-state index contributed by atoms with van der Waals surface area (Å²) in [5, 5.41) is 12.7. The van der Waals surface area contributed by atoms with Gasteiger partial charge in [-0.05, 0) is 25.1 Å². The number of amides is 2. The zero-order valence-corrected chi connectivity index (χ0v) is 13.5. The lowest BCUT2D eigenvalue weighted by molar-refractivity contribution is -0.116. The second kappa shape index (κ2) is 7.04. The van der Waals surface area contributed by atoms with E-state index in [1.165, 1.54) is 22.2 Å². The van der Waals surface area contributed by atoms with Gasteiger partial charge in [0.1, 0.15) is 6.54 Å². The van der Waals surface area contributed by atoms with Crippen LogP contribution < -0.4 is 10.6 Å². The van der Waals surface area contributed by atoms with Crippen LogP contribution in [0.4, 0.5) is 16.3 Å². The number of carbonyl (C=O) groups is 2. The number of nitrogens with zero attached hydrogens (tertiary/aromatic N) is 4. The molecule has 2 amide bonds. The highest BCUT2D eigenvalue weighted by Gasteiger charge is 2.09. The Morgan fingerprint density at radius 1 is 1.33 bits per heavy atom. The van der Waals surface area contributed by atoms with Crippen molar-refractivity contribution in [2.75, 3.05) is 17.2 Å². The van der Waals surface area contributed by atoms with Gasteiger partial charge in [0.2, 0.25) is 5.91 Å². The molecule has 9 nitrogen and oxygen atoms in total. The summed E-state index contributed by atoms with van der Waals surface area (Å²) in [6.45, 7) is 1.92. The third kappa shape index (κ3) is 3.84. The molecule has 0 bridgehead atoms. The highest BCUT2D eigenvalue weighted by atomic mass is 32.1. The van der Waals surface area contributed by atoms with Gasteiger partial charge in [0, 0.05) is 5.69 Å². The molecule has 0 atom stereocenters. The van der Waals surface area contributed by atoms with Crippen LogP contribution in [0.1, 0.15) is 6.92 Å². The van der Waals surface area contributed by atoms with Gasteiger partial charge in [-0.3, -0.25) is 10.1 Å². The molecule has 124 valence electrons. The summed E-state index contributed by atoms with van der Waals surface area (Å²) in [6, 6.07) is 5.52. The maximum atomic E-state index is 12.1. The van der Waals surface area contributed by atoms with Crippen LogP contribution in [0.2, 0.25) is 0 Å². The van der Waals surface area contributed by atoms with E-state index in [0.29, 0.717) is 5.69 Å². The number of nitrogens with one attached hydrogen (secondary N) is 2. The molecule has 0 aliphatic rings. The molecular weight excluding hydrogens is 332 g/mol. The summed E-state index contributed by atoms with van der Waals surface area (Å²) >= 11 is 1.54. The normalized spacial score (nSPS) is 10.5. The van der Waals surface area contributed by atoms with E-state index in [1.807, 2.05) is 12.1 Å². The SMILES string of the molecule is CCOC(=O)Nc1cn(CC(=O)Nc2ccc3scnc3c2)nn1. The number of fused-ring (bicyclic) bond motifs is 1. The lowest BCUT2D eigenvalue weighted by atomic mass is 10.3. The molecule has 2 heterocycles. The van der Waals surface area contributed by atoms with Gasteiger partial charge < -0.3 is 10.1 Å². The number of ether oxygens (including phenoxy) is 1. The first-order valence-electron chi connectivity index (χ1n) is 7.11. The van der Waals surface area contributed by atoms with Crippen molar-refractivity contribution in [3.8, 4) is 0 Å². The van der Waals surface area contributed by atoms with E-state index >= 15 is 0 Å². The minimum atomic E-state index is -0.620. The zero-order chi connectivity index (χ0) is 16.9. The van der Waals surface area contributed by atoms with Crippen molar-refractivity contribution in [3.05, 3.63) is 29.9 Å². The monoisotopic (exact) mass is 346 g/mol. The van der Waals surface area contributed by atoms with E-state index in [1.54, 1.807) is 18.5 Å². The number of thiazole rings is 1. The number of hydrogen-bond donors (Lipinski definition) is 2. The number of carbonyl (C=O) groups excluding carboxylic acids is 2. The highest BCUT2D eigenvalue weighted by Crippen LogP contribution is 2.21. The van der Waals surface area contributed by atoms with Crippen molar-refractivity contribution < 1.29 is 14.3 Å². The summed E-state index contributed by atoms with van der Waals surface area (Å²) < 4.78 is 7.10. The van der Waals surface area contributed by atoms with Crippen molar-refractivity contribution in [2.45, 2.75) is 13.5 Å². The van der Waals surface area contributed by atoms with Gasteiger partial charge in [0.25, 0.3) is 0 Å².